The zero-order valence-electron chi connectivity index (χ0n) is 10.1. The predicted octanol–water partition coefficient (Wildman–Crippen LogP) is 1.22. The topological polar surface area (TPSA) is 105 Å². The zero-order valence-corrected chi connectivity index (χ0v) is 10.1. The van der Waals surface area contributed by atoms with Gasteiger partial charge in [-0.05, 0) is 17.4 Å². The fraction of sp³-hybridized carbons (Fsp3) is 0.900. The van der Waals surface area contributed by atoms with Crippen LogP contribution < -0.4 is 0 Å². The van der Waals surface area contributed by atoms with Crippen LogP contribution in [0.15, 0.2) is 5.11 Å². The molecule has 7 heteroatoms. The molecule has 1 fully saturated rings. The monoisotopic (exact) mass is 243 g/mol. The number of aliphatic hydroxyl groups excluding tert-OH is 1. The van der Waals surface area contributed by atoms with E-state index in [2.05, 4.69) is 10.0 Å². The van der Waals surface area contributed by atoms with Gasteiger partial charge in [0.2, 0.25) is 0 Å². The van der Waals surface area contributed by atoms with Gasteiger partial charge in [0.15, 0.2) is 6.29 Å². The number of nitrogens with zero attached hydrogens (tertiary/aromatic N) is 3. The van der Waals surface area contributed by atoms with E-state index in [1.54, 1.807) is 0 Å². The van der Waals surface area contributed by atoms with Gasteiger partial charge in [0.25, 0.3) is 0 Å². The van der Waals surface area contributed by atoms with E-state index in [0.717, 1.165) is 0 Å². The molecule has 0 aromatic rings. The van der Waals surface area contributed by atoms with E-state index in [0.29, 0.717) is 0 Å². The lowest BCUT2D eigenvalue weighted by Crippen LogP contribution is -2.49. The Morgan fingerprint density at radius 2 is 2.18 bits per heavy atom. The molecule has 0 aliphatic carbocycles. The van der Waals surface area contributed by atoms with Crippen LogP contribution in [0.2, 0.25) is 0 Å². The van der Waals surface area contributed by atoms with E-state index in [1.165, 1.54) is 6.92 Å². The second-order valence-corrected chi connectivity index (χ2v) is 4.28. The summed E-state index contributed by atoms with van der Waals surface area (Å²) >= 11 is 0. The van der Waals surface area contributed by atoms with Crippen molar-refractivity contribution >= 4 is 5.97 Å². The van der Waals surface area contributed by atoms with Gasteiger partial charge in [0, 0.05) is 11.8 Å². The van der Waals surface area contributed by atoms with Gasteiger partial charge in [-0.1, -0.05) is 19.0 Å². The Morgan fingerprint density at radius 3 is 2.71 bits per heavy atom. The molecule has 1 N–H and O–H groups in total. The van der Waals surface area contributed by atoms with Crippen molar-refractivity contribution in [2.45, 2.75) is 39.2 Å². The quantitative estimate of drug-likeness (QED) is 0.348. The Morgan fingerprint density at radius 1 is 1.53 bits per heavy atom. The summed E-state index contributed by atoms with van der Waals surface area (Å²) < 4.78 is 10.2. The number of azide groups is 1. The predicted molar refractivity (Wildman–Crippen MR) is 58.8 cm³/mol. The lowest BCUT2D eigenvalue weighted by Gasteiger charge is -2.40. The number of ether oxygens (including phenoxy) is 2. The number of rotatable bonds is 3. The van der Waals surface area contributed by atoms with Crippen molar-refractivity contribution < 1.29 is 19.4 Å². The van der Waals surface area contributed by atoms with E-state index in [4.69, 9.17) is 15.0 Å². The summed E-state index contributed by atoms with van der Waals surface area (Å²) in [6.07, 6.45) is -1.54. The van der Waals surface area contributed by atoms with Crippen molar-refractivity contribution in [3.05, 3.63) is 10.4 Å². The van der Waals surface area contributed by atoms with Gasteiger partial charge in [-0.2, -0.15) is 0 Å². The largest absolute Gasteiger partial charge is 0.463 e. The Hall–Kier alpha value is -1.30. The molecule has 17 heavy (non-hydrogen) atoms. The molecule has 0 spiro atoms. The van der Waals surface area contributed by atoms with E-state index in [1.807, 2.05) is 13.8 Å². The van der Waals surface area contributed by atoms with Crippen LogP contribution in [0.4, 0.5) is 0 Å². The third-order valence-electron chi connectivity index (χ3n) is 3.20. The van der Waals surface area contributed by atoms with Crippen molar-refractivity contribution in [3.8, 4) is 0 Å². The second kappa shape index (κ2) is 5.86. The highest BCUT2D eigenvalue weighted by Crippen LogP contribution is 2.32. The van der Waals surface area contributed by atoms with Crippen LogP contribution in [0.1, 0.15) is 20.8 Å². The van der Waals surface area contributed by atoms with Crippen LogP contribution in [0.5, 0.6) is 0 Å². The van der Waals surface area contributed by atoms with Crippen LogP contribution in [-0.4, -0.2) is 36.1 Å². The number of carbonyl (C=O) groups excluding carboxylic acids is 1. The molecule has 0 aromatic carbocycles. The molecule has 96 valence electrons. The molecule has 0 saturated carbocycles. The normalized spacial score (nSPS) is 37.1. The van der Waals surface area contributed by atoms with E-state index in [9.17, 15) is 9.90 Å². The van der Waals surface area contributed by atoms with Crippen molar-refractivity contribution in [3.63, 3.8) is 0 Å². The first-order chi connectivity index (χ1) is 7.97. The highest BCUT2D eigenvalue weighted by molar-refractivity contribution is 5.65. The minimum Gasteiger partial charge on any atom is -0.463 e. The molecule has 1 rings (SSSR count). The first-order valence-corrected chi connectivity index (χ1v) is 5.48. The molecule has 0 aromatic heterocycles. The minimum absolute atomic E-state index is 0.0215. The SMILES string of the molecule is CC(=O)OCC1OC(O)C(N=[N+]=[N-])[C@@H](C)[C@H]1C. The molecule has 1 heterocycles. The molecular formula is C10H17N3O4. The maximum absolute atomic E-state index is 10.7. The number of hydrogen-bond acceptors (Lipinski definition) is 5. The molecular weight excluding hydrogens is 226 g/mol. The summed E-state index contributed by atoms with van der Waals surface area (Å²) in [5.41, 5.74) is 8.40. The molecule has 5 atom stereocenters. The first kappa shape index (κ1) is 13.8. The summed E-state index contributed by atoms with van der Waals surface area (Å²) in [5, 5.41) is 13.2. The van der Waals surface area contributed by atoms with Crippen molar-refractivity contribution in [2.24, 2.45) is 17.0 Å². The third kappa shape index (κ3) is 3.33. The molecule has 0 radical (unpaired) electrons. The Bertz CT molecular complexity index is 330. The third-order valence-corrected chi connectivity index (χ3v) is 3.20. The average molecular weight is 243 g/mol. The molecule has 1 aliphatic rings. The highest BCUT2D eigenvalue weighted by Gasteiger charge is 2.40. The Balaban J connectivity index is 2.68. The van der Waals surface area contributed by atoms with E-state index in [-0.39, 0.29) is 30.5 Å². The van der Waals surface area contributed by atoms with E-state index >= 15 is 0 Å². The lowest BCUT2D eigenvalue weighted by molar-refractivity contribution is -0.218. The Kier molecular flexibility index (Phi) is 4.74. The van der Waals surface area contributed by atoms with Gasteiger partial charge >= 0.3 is 5.97 Å². The van der Waals surface area contributed by atoms with E-state index < -0.39 is 12.3 Å². The summed E-state index contributed by atoms with van der Waals surface area (Å²) in [4.78, 5) is 13.4. The smallest absolute Gasteiger partial charge is 0.302 e. The number of esters is 1. The molecule has 0 amide bonds. The lowest BCUT2D eigenvalue weighted by atomic mass is 9.82. The average Bonchev–Trinajstić information content (AvgIpc) is 2.27. The molecule has 1 saturated heterocycles. The van der Waals surface area contributed by atoms with Crippen LogP contribution in [0, 0.1) is 11.8 Å². The molecule has 1 aliphatic heterocycles. The van der Waals surface area contributed by atoms with Gasteiger partial charge in [-0.3, -0.25) is 4.79 Å². The molecule has 7 nitrogen and oxygen atoms in total. The van der Waals surface area contributed by atoms with Gasteiger partial charge in [-0.15, -0.1) is 0 Å². The van der Waals surface area contributed by atoms with Crippen LogP contribution >= 0.6 is 0 Å². The fourth-order valence-electron chi connectivity index (χ4n) is 1.91. The van der Waals surface area contributed by atoms with Gasteiger partial charge < -0.3 is 14.6 Å². The number of hydrogen-bond donors (Lipinski definition) is 1. The number of carbonyl (C=O) groups is 1. The Labute approximate surface area is 99.3 Å². The zero-order chi connectivity index (χ0) is 13.0. The highest BCUT2D eigenvalue weighted by atomic mass is 16.6. The molecule has 3 unspecified atom stereocenters. The number of aliphatic hydroxyl groups is 1. The second-order valence-electron chi connectivity index (χ2n) is 4.28. The van der Waals surface area contributed by atoms with Crippen LogP contribution in [-0.2, 0) is 14.3 Å². The van der Waals surface area contributed by atoms with Gasteiger partial charge in [0.1, 0.15) is 6.61 Å². The summed E-state index contributed by atoms with van der Waals surface area (Å²) in [6, 6.07) is -0.608. The fourth-order valence-corrected chi connectivity index (χ4v) is 1.91. The summed E-state index contributed by atoms with van der Waals surface area (Å²) in [5.74, 6) is -0.413. The maximum atomic E-state index is 10.7. The van der Waals surface area contributed by atoms with Crippen molar-refractivity contribution in [2.75, 3.05) is 6.61 Å². The first-order valence-electron chi connectivity index (χ1n) is 5.48. The summed E-state index contributed by atoms with van der Waals surface area (Å²) in [6.45, 7) is 5.19. The van der Waals surface area contributed by atoms with Crippen molar-refractivity contribution in [1.29, 1.82) is 0 Å². The van der Waals surface area contributed by atoms with Crippen LogP contribution in [0.3, 0.4) is 0 Å². The minimum atomic E-state index is -1.15. The standard InChI is InChI=1S/C10H17N3O4/c1-5-6(2)9(12-13-11)10(15)17-8(5)4-16-7(3)14/h5-6,8-10,15H,4H2,1-3H3/t5-,6+,8?,9?,10?/m1/s1. The maximum Gasteiger partial charge on any atom is 0.302 e. The molecule has 0 bridgehead atoms. The van der Waals surface area contributed by atoms with Crippen LogP contribution in [0.25, 0.3) is 10.4 Å². The van der Waals surface area contributed by atoms with Gasteiger partial charge in [0.05, 0.1) is 12.1 Å². The van der Waals surface area contributed by atoms with Gasteiger partial charge in [-0.25, -0.2) is 0 Å². The van der Waals surface area contributed by atoms with Crippen molar-refractivity contribution in [1.82, 2.24) is 0 Å². The summed E-state index contributed by atoms with van der Waals surface area (Å²) in [7, 11) is 0.